The van der Waals surface area contributed by atoms with Crippen molar-refractivity contribution in [1.29, 1.82) is 0 Å². The Bertz CT molecular complexity index is 408. The highest BCUT2D eigenvalue weighted by atomic mass is 79.9. The van der Waals surface area contributed by atoms with E-state index in [9.17, 15) is 9.90 Å². The topological polar surface area (TPSA) is 49.8 Å². The summed E-state index contributed by atoms with van der Waals surface area (Å²) in [5.41, 5.74) is 0.960. The summed E-state index contributed by atoms with van der Waals surface area (Å²) in [5.74, 6) is -0.245. The average molecular weight is 330 g/mol. The van der Waals surface area contributed by atoms with Gasteiger partial charge in [-0.2, -0.15) is 0 Å². The minimum absolute atomic E-state index is 0.0162. The first-order valence-corrected chi connectivity index (χ1v) is 6.92. The molecule has 0 fully saturated rings. The van der Waals surface area contributed by atoms with Crippen molar-refractivity contribution in [2.45, 2.75) is 18.9 Å². The summed E-state index contributed by atoms with van der Waals surface area (Å²) >= 11 is 3.37. The smallest absolute Gasteiger partial charge is 0.229 e. The van der Waals surface area contributed by atoms with Gasteiger partial charge < -0.3 is 14.7 Å². The Hall–Kier alpha value is -0.910. The number of nitrogens with zero attached hydrogens (tertiary/aromatic N) is 1. The van der Waals surface area contributed by atoms with Crippen molar-refractivity contribution in [3.05, 3.63) is 34.3 Å². The molecule has 1 amide bonds. The summed E-state index contributed by atoms with van der Waals surface area (Å²) in [5, 5.41) is 9.63. The number of hydrogen-bond donors (Lipinski definition) is 1. The molecule has 2 atom stereocenters. The lowest BCUT2D eigenvalue weighted by Crippen LogP contribution is -2.38. The first kappa shape index (κ1) is 16.1. The van der Waals surface area contributed by atoms with Crippen LogP contribution in [0.2, 0.25) is 0 Å². The molecule has 0 aromatic heterocycles. The van der Waals surface area contributed by atoms with Crippen LogP contribution in [0.4, 0.5) is 0 Å². The van der Waals surface area contributed by atoms with E-state index in [4.69, 9.17) is 4.74 Å². The van der Waals surface area contributed by atoms with Gasteiger partial charge in [-0.3, -0.25) is 4.79 Å². The molecule has 1 rings (SSSR count). The van der Waals surface area contributed by atoms with Crippen molar-refractivity contribution in [2.24, 2.45) is 0 Å². The fourth-order valence-electron chi connectivity index (χ4n) is 1.88. The molecular formula is C14H20BrNO3. The van der Waals surface area contributed by atoms with Crippen LogP contribution in [0.25, 0.3) is 0 Å². The number of ether oxygens (including phenoxy) is 1. The number of likely N-dealkylation sites (N-methyl/N-ethyl adjacent to an activating group) is 1. The zero-order valence-electron chi connectivity index (χ0n) is 11.5. The molecule has 0 bridgehead atoms. The molecule has 19 heavy (non-hydrogen) atoms. The van der Waals surface area contributed by atoms with Crippen molar-refractivity contribution >= 4 is 21.8 Å². The Morgan fingerprint density at radius 2 is 2.00 bits per heavy atom. The third-order valence-electron chi connectivity index (χ3n) is 2.96. The zero-order chi connectivity index (χ0) is 14.4. The molecular weight excluding hydrogens is 310 g/mol. The van der Waals surface area contributed by atoms with E-state index in [1.807, 2.05) is 31.2 Å². The van der Waals surface area contributed by atoms with Crippen LogP contribution in [0.3, 0.4) is 0 Å². The van der Waals surface area contributed by atoms with Crippen LogP contribution >= 0.6 is 15.9 Å². The number of carbonyl (C=O) groups is 1. The van der Waals surface area contributed by atoms with E-state index in [0.29, 0.717) is 0 Å². The Morgan fingerprint density at radius 3 is 2.53 bits per heavy atom. The van der Waals surface area contributed by atoms with E-state index < -0.39 is 6.10 Å². The van der Waals surface area contributed by atoms with E-state index >= 15 is 0 Å². The van der Waals surface area contributed by atoms with E-state index in [1.165, 1.54) is 12.0 Å². The minimum atomic E-state index is -0.656. The van der Waals surface area contributed by atoms with Gasteiger partial charge in [-0.25, -0.2) is 0 Å². The van der Waals surface area contributed by atoms with Crippen molar-refractivity contribution in [2.75, 3.05) is 27.3 Å². The molecule has 5 heteroatoms. The average Bonchev–Trinajstić information content (AvgIpc) is 2.38. The fourth-order valence-corrected chi connectivity index (χ4v) is 2.14. The van der Waals surface area contributed by atoms with Crippen LogP contribution in [-0.2, 0) is 9.53 Å². The first-order valence-electron chi connectivity index (χ1n) is 6.13. The van der Waals surface area contributed by atoms with Gasteiger partial charge in [-0.15, -0.1) is 0 Å². The number of hydrogen-bond acceptors (Lipinski definition) is 3. The van der Waals surface area contributed by atoms with Gasteiger partial charge >= 0.3 is 0 Å². The van der Waals surface area contributed by atoms with Crippen molar-refractivity contribution in [1.82, 2.24) is 4.90 Å². The Kier molecular flexibility index (Phi) is 6.48. The van der Waals surface area contributed by atoms with Gasteiger partial charge in [-0.05, 0) is 24.6 Å². The molecule has 1 N–H and O–H groups in total. The number of halogens is 1. The summed E-state index contributed by atoms with van der Waals surface area (Å²) in [6, 6.07) is 7.68. The second kappa shape index (κ2) is 7.62. The molecule has 0 aliphatic rings. The maximum Gasteiger partial charge on any atom is 0.229 e. The summed E-state index contributed by atoms with van der Waals surface area (Å²) in [4.78, 5) is 13.8. The molecule has 1 aromatic rings. The van der Waals surface area contributed by atoms with Gasteiger partial charge in [0.15, 0.2) is 0 Å². The summed E-state index contributed by atoms with van der Waals surface area (Å²) in [6.07, 6.45) is -0.656. The molecule has 0 heterocycles. The molecule has 0 saturated carbocycles. The van der Waals surface area contributed by atoms with Gasteiger partial charge in [-0.1, -0.05) is 28.1 Å². The number of rotatable bonds is 6. The van der Waals surface area contributed by atoms with Gasteiger partial charge in [0.05, 0.1) is 18.6 Å². The minimum Gasteiger partial charge on any atom is -0.389 e. The van der Waals surface area contributed by atoms with Crippen LogP contribution < -0.4 is 0 Å². The predicted molar refractivity (Wildman–Crippen MR) is 78.1 cm³/mol. The summed E-state index contributed by atoms with van der Waals surface area (Å²) in [7, 11) is 3.21. The van der Waals surface area contributed by atoms with E-state index in [0.717, 1.165) is 10.0 Å². The molecule has 4 nitrogen and oxygen atoms in total. The second-order valence-corrected chi connectivity index (χ2v) is 5.52. The van der Waals surface area contributed by atoms with Crippen molar-refractivity contribution in [3.8, 4) is 0 Å². The fraction of sp³-hybridized carbons (Fsp3) is 0.500. The quantitative estimate of drug-likeness (QED) is 0.868. The number of aliphatic hydroxyl groups excluding tert-OH is 1. The van der Waals surface area contributed by atoms with Crippen LogP contribution in [0.1, 0.15) is 18.4 Å². The van der Waals surface area contributed by atoms with E-state index in [1.54, 1.807) is 7.05 Å². The van der Waals surface area contributed by atoms with E-state index in [2.05, 4.69) is 15.9 Å². The maximum atomic E-state index is 12.2. The molecule has 1 aromatic carbocycles. The van der Waals surface area contributed by atoms with E-state index in [-0.39, 0.29) is 25.0 Å². The van der Waals surface area contributed by atoms with Gasteiger partial charge in [0, 0.05) is 25.2 Å². The van der Waals surface area contributed by atoms with Crippen LogP contribution in [0, 0.1) is 0 Å². The summed E-state index contributed by atoms with van der Waals surface area (Å²) in [6.45, 7) is 2.36. The molecule has 0 aliphatic carbocycles. The van der Waals surface area contributed by atoms with Crippen molar-refractivity contribution < 1.29 is 14.6 Å². The highest BCUT2D eigenvalue weighted by Gasteiger charge is 2.21. The Balaban J connectivity index is 2.63. The monoisotopic (exact) mass is 329 g/mol. The zero-order valence-corrected chi connectivity index (χ0v) is 13.1. The molecule has 0 aliphatic heterocycles. The first-order chi connectivity index (χ1) is 8.95. The molecule has 2 unspecified atom stereocenters. The number of aliphatic hydroxyl groups is 1. The third-order valence-corrected chi connectivity index (χ3v) is 3.49. The normalized spacial score (nSPS) is 13.9. The van der Waals surface area contributed by atoms with Crippen LogP contribution in [0.5, 0.6) is 0 Å². The number of benzene rings is 1. The lowest BCUT2D eigenvalue weighted by Gasteiger charge is -2.24. The maximum absolute atomic E-state index is 12.2. The van der Waals surface area contributed by atoms with Crippen LogP contribution in [0.15, 0.2) is 28.7 Å². The number of carbonyl (C=O) groups excluding carboxylic acids is 1. The Morgan fingerprint density at radius 1 is 1.42 bits per heavy atom. The molecule has 0 spiro atoms. The second-order valence-electron chi connectivity index (χ2n) is 4.60. The lowest BCUT2D eigenvalue weighted by molar-refractivity contribution is -0.132. The predicted octanol–water partition coefficient (Wildman–Crippen LogP) is 2.02. The van der Waals surface area contributed by atoms with Crippen molar-refractivity contribution in [3.63, 3.8) is 0 Å². The number of methoxy groups -OCH3 is 1. The number of amides is 1. The SMILES string of the molecule is COCC(O)CN(C)C(=O)C(C)c1ccc(Br)cc1. The largest absolute Gasteiger partial charge is 0.389 e. The lowest BCUT2D eigenvalue weighted by atomic mass is 10.00. The van der Waals surface area contributed by atoms with Gasteiger partial charge in [0.1, 0.15) is 0 Å². The summed E-state index contributed by atoms with van der Waals surface area (Å²) < 4.78 is 5.84. The van der Waals surface area contributed by atoms with Gasteiger partial charge in [0.2, 0.25) is 5.91 Å². The molecule has 106 valence electrons. The third kappa shape index (κ3) is 4.93. The van der Waals surface area contributed by atoms with Crippen LogP contribution in [-0.4, -0.2) is 49.3 Å². The molecule has 0 radical (unpaired) electrons. The molecule has 0 saturated heterocycles. The Labute approximate surface area is 122 Å². The highest BCUT2D eigenvalue weighted by molar-refractivity contribution is 9.10. The standard InChI is InChI=1S/C14H20BrNO3/c1-10(11-4-6-12(15)7-5-11)14(18)16(2)8-13(17)9-19-3/h4-7,10,13,17H,8-9H2,1-3H3. The van der Waals surface area contributed by atoms with Gasteiger partial charge in [0.25, 0.3) is 0 Å². The highest BCUT2D eigenvalue weighted by Crippen LogP contribution is 2.20.